The number of aromatic amines is 1. The minimum Gasteiger partial charge on any atom is -0.385 e. The first-order chi connectivity index (χ1) is 6.13. The lowest BCUT2D eigenvalue weighted by Gasteiger charge is -1.99. The van der Waals surface area contributed by atoms with Crippen LogP contribution in [0.3, 0.4) is 0 Å². The van der Waals surface area contributed by atoms with Crippen molar-refractivity contribution in [1.82, 2.24) is 9.97 Å². The Balaban J connectivity index is 3.10. The molecular formula is C8H12N4O. The average Bonchev–Trinajstić information content (AvgIpc) is 2.09. The third-order valence-corrected chi connectivity index (χ3v) is 1.60. The van der Waals surface area contributed by atoms with Crippen LogP contribution in [-0.2, 0) is 0 Å². The molecule has 1 aromatic heterocycles. The summed E-state index contributed by atoms with van der Waals surface area (Å²) in [6.07, 6.45) is 3.21. The fourth-order valence-electron chi connectivity index (χ4n) is 0.857. The average molecular weight is 180 g/mol. The van der Waals surface area contributed by atoms with Crippen LogP contribution in [0.2, 0.25) is 0 Å². The number of nitrogen functional groups attached to an aromatic ring is 1. The van der Waals surface area contributed by atoms with Gasteiger partial charge in [-0.3, -0.25) is 4.98 Å². The summed E-state index contributed by atoms with van der Waals surface area (Å²) in [6, 6.07) is 0. The molecule has 1 rings (SSSR count). The highest BCUT2D eigenvalue weighted by atomic mass is 16.1. The van der Waals surface area contributed by atoms with Crippen molar-refractivity contribution < 1.29 is 0 Å². The van der Waals surface area contributed by atoms with Gasteiger partial charge in [-0.1, -0.05) is 5.57 Å². The van der Waals surface area contributed by atoms with Crippen LogP contribution in [0.25, 0.3) is 6.08 Å². The second-order valence-corrected chi connectivity index (χ2v) is 2.75. The number of aromatic nitrogens is 2. The maximum Gasteiger partial charge on any atom is 0.346 e. The van der Waals surface area contributed by atoms with Gasteiger partial charge in [0, 0.05) is 18.3 Å². The van der Waals surface area contributed by atoms with Gasteiger partial charge in [-0.05, 0) is 13.0 Å². The molecule has 5 N–H and O–H groups in total. The van der Waals surface area contributed by atoms with Crippen LogP contribution >= 0.6 is 0 Å². The van der Waals surface area contributed by atoms with Gasteiger partial charge in [0.1, 0.15) is 5.82 Å². The molecule has 0 atom stereocenters. The van der Waals surface area contributed by atoms with Crippen molar-refractivity contribution in [3.8, 4) is 0 Å². The molecular weight excluding hydrogens is 168 g/mol. The van der Waals surface area contributed by atoms with Crippen molar-refractivity contribution in [2.24, 2.45) is 5.73 Å². The number of anilines is 1. The Hall–Kier alpha value is -1.62. The van der Waals surface area contributed by atoms with Gasteiger partial charge >= 0.3 is 5.69 Å². The third-order valence-electron chi connectivity index (χ3n) is 1.60. The number of nitrogens with two attached hydrogens (primary N) is 2. The topological polar surface area (TPSA) is 97.8 Å². The van der Waals surface area contributed by atoms with Gasteiger partial charge in [-0.15, -0.1) is 0 Å². The first-order valence-corrected chi connectivity index (χ1v) is 3.85. The number of hydrogen-bond acceptors (Lipinski definition) is 4. The lowest BCUT2D eigenvalue weighted by atomic mass is 10.2. The zero-order valence-corrected chi connectivity index (χ0v) is 7.37. The lowest BCUT2D eigenvalue weighted by Crippen LogP contribution is -2.13. The van der Waals surface area contributed by atoms with E-state index in [0.717, 1.165) is 5.57 Å². The Labute approximate surface area is 75.5 Å². The van der Waals surface area contributed by atoms with Gasteiger partial charge < -0.3 is 11.5 Å². The van der Waals surface area contributed by atoms with Crippen LogP contribution in [0.4, 0.5) is 5.82 Å². The molecule has 1 heterocycles. The maximum atomic E-state index is 10.7. The summed E-state index contributed by atoms with van der Waals surface area (Å²) in [5.41, 5.74) is 12.2. The summed E-state index contributed by atoms with van der Waals surface area (Å²) in [7, 11) is 0. The molecule has 1 aromatic rings. The zero-order chi connectivity index (χ0) is 9.84. The quantitative estimate of drug-likeness (QED) is 0.582. The van der Waals surface area contributed by atoms with E-state index in [1.807, 2.05) is 6.92 Å². The smallest absolute Gasteiger partial charge is 0.346 e. The normalized spacial score (nSPS) is 11.7. The van der Waals surface area contributed by atoms with Gasteiger partial charge in [0.05, 0.1) is 0 Å². The summed E-state index contributed by atoms with van der Waals surface area (Å²) in [6.45, 7) is 2.34. The molecule has 0 bridgehead atoms. The van der Waals surface area contributed by atoms with Crippen LogP contribution in [0.5, 0.6) is 0 Å². The molecule has 0 aromatic carbocycles. The molecule has 0 fully saturated rings. The number of nitrogens with zero attached hydrogens (tertiary/aromatic N) is 1. The molecule has 0 radical (unpaired) electrons. The van der Waals surface area contributed by atoms with E-state index in [1.165, 1.54) is 6.20 Å². The second kappa shape index (κ2) is 3.86. The molecule has 0 saturated heterocycles. The van der Waals surface area contributed by atoms with E-state index in [-0.39, 0.29) is 0 Å². The largest absolute Gasteiger partial charge is 0.385 e. The van der Waals surface area contributed by atoms with E-state index < -0.39 is 5.69 Å². The highest BCUT2D eigenvalue weighted by molar-refractivity contribution is 5.61. The summed E-state index contributed by atoms with van der Waals surface area (Å²) in [4.78, 5) is 16.7. The molecule has 70 valence electrons. The Bertz CT molecular complexity index is 380. The van der Waals surface area contributed by atoms with Crippen molar-refractivity contribution in [2.45, 2.75) is 6.92 Å². The summed E-state index contributed by atoms with van der Waals surface area (Å²) in [5.74, 6) is 0.313. The number of H-pyrrole nitrogens is 1. The Morgan fingerprint density at radius 1 is 1.77 bits per heavy atom. The highest BCUT2D eigenvalue weighted by Crippen LogP contribution is 2.08. The monoisotopic (exact) mass is 180 g/mol. The van der Waals surface area contributed by atoms with Crippen molar-refractivity contribution in [3.05, 3.63) is 27.8 Å². The fourth-order valence-corrected chi connectivity index (χ4v) is 0.857. The van der Waals surface area contributed by atoms with E-state index >= 15 is 0 Å². The van der Waals surface area contributed by atoms with Crippen molar-refractivity contribution in [2.75, 3.05) is 12.3 Å². The minimum atomic E-state index is -0.444. The van der Waals surface area contributed by atoms with Crippen molar-refractivity contribution >= 4 is 11.9 Å². The highest BCUT2D eigenvalue weighted by Gasteiger charge is 1.97. The van der Waals surface area contributed by atoms with E-state index in [2.05, 4.69) is 9.97 Å². The SMILES string of the molecule is C/C(=C/c1cnc(=O)[nH]c1N)CN. The molecule has 0 aliphatic heterocycles. The van der Waals surface area contributed by atoms with Gasteiger partial charge in [-0.25, -0.2) is 9.78 Å². The molecule has 5 heteroatoms. The van der Waals surface area contributed by atoms with E-state index in [9.17, 15) is 4.79 Å². The molecule has 0 aliphatic rings. The Kier molecular flexibility index (Phi) is 2.81. The first kappa shape index (κ1) is 9.47. The lowest BCUT2D eigenvalue weighted by molar-refractivity contribution is 1.07. The van der Waals surface area contributed by atoms with Gasteiger partial charge in [0.2, 0.25) is 0 Å². The molecule has 5 nitrogen and oxygen atoms in total. The van der Waals surface area contributed by atoms with Gasteiger partial charge in [-0.2, -0.15) is 0 Å². The van der Waals surface area contributed by atoms with Crippen LogP contribution in [0.1, 0.15) is 12.5 Å². The standard InChI is InChI=1S/C8H12N4O/c1-5(3-9)2-6-4-11-8(13)12-7(6)10/h2,4H,3,9H2,1H3,(H3,10,11,12,13)/b5-2-. The van der Waals surface area contributed by atoms with Crippen LogP contribution < -0.4 is 17.2 Å². The summed E-state index contributed by atoms with van der Waals surface area (Å²) < 4.78 is 0. The zero-order valence-electron chi connectivity index (χ0n) is 7.37. The molecule has 0 unspecified atom stereocenters. The second-order valence-electron chi connectivity index (χ2n) is 2.75. The summed E-state index contributed by atoms with van der Waals surface area (Å²) in [5, 5.41) is 0. The Morgan fingerprint density at radius 3 is 3.00 bits per heavy atom. The van der Waals surface area contributed by atoms with Gasteiger partial charge in [0.25, 0.3) is 0 Å². The molecule has 0 saturated carbocycles. The molecule has 13 heavy (non-hydrogen) atoms. The molecule has 0 amide bonds. The number of nitrogens with one attached hydrogen (secondary N) is 1. The van der Waals surface area contributed by atoms with Crippen LogP contribution in [-0.4, -0.2) is 16.5 Å². The predicted octanol–water partition coefficient (Wildman–Crippen LogP) is -0.286. The van der Waals surface area contributed by atoms with Crippen LogP contribution in [0, 0.1) is 0 Å². The third kappa shape index (κ3) is 2.41. The minimum absolute atomic E-state index is 0.313. The molecule has 0 spiro atoms. The van der Waals surface area contributed by atoms with E-state index in [4.69, 9.17) is 11.5 Å². The van der Waals surface area contributed by atoms with Crippen molar-refractivity contribution in [3.63, 3.8) is 0 Å². The molecule has 0 aliphatic carbocycles. The van der Waals surface area contributed by atoms with Crippen LogP contribution in [0.15, 0.2) is 16.6 Å². The number of rotatable bonds is 2. The number of hydrogen-bond donors (Lipinski definition) is 3. The fraction of sp³-hybridized carbons (Fsp3) is 0.250. The maximum absolute atomic E-state index is 10.7. The van der Waals surface area contributed by atoms with E-state index in [0.29, 0.717) is 17.9 Å². The van der Waals surface area contributed by atoms with Gasteiger partial charge in [0.15, 0.2) is 0 Å². The van der Waals surface area contributed by atoms with E-state index in [1.54, 1.807) is 6.08 Å². The predicted molar refractivity (Wildman–Crippen MR) is 52.0 cm³/mol. The van der Waals surface area contributed by atoms with Crippen molar-refractivity contribution in [1.29, 1.82) is 0 Å². The first-order valence-electron chi connectivity index (χ1n) is 3.85. The Morgan fingerprint density at radius 2 is 2.46 bits per heavy atom. The summed E-state index contributed by atoms with van der Waals surface area (Å²) >= 11 is 0.